The second kappa shape index (κ2) is 9.11. The third-order valence-electron chi connectivity index (χ3n) is 3.73. The molecule has 0 aliphatic heterocycles. The van der Waals surface area contributed by atoms with Crippen molar-refractivity contribution in [2.24, 2.45) is 0 Å². The molecule has 0 saturated heterocycles. The number of aromatic nitrogens is 1. The fourth-order valence-corrected chi connectivity index (χ4v) is 3.90. The number of halogens is 2. The molecule has 0 bridgehead atoms. The van der Waals surface area contributed by atoms with E-state index in [2.05, 4.69) is 20.9 Å². The van der Waals surface area contributed by atoms with Gasteiger partial charge in [-0.25, -0.2) is 14.2 Å². The van der Waals surface area contributed by atoms with E-state index >= 15 is 0 Å². The number of anilines is 1. The maximum atomic E-state index is 13.0. The number of likely N-dealkylation sites (N-methyl/N-ethyl adjacent to an activating group) is 1. The zero-order chi connectivity index (χ0) is 20.1. The summed E-state index contributed by atoms with van der Waals surface area (Å²) in [7, 11) is 0. The molecule has 1 amide bonds. The molecule has 1 aromatic heterocycles. The minimum Gasteiger partial charge on any atom is -0.481 e. The first-order valence-electron chi connectivity index (χ1n) is 8.37. The van der Waals surface area contributed by atoms with Crippen LogP contribution in [-0.4, -0.2) is 36.6 Å². The summed E-state index contributed by atoms with van der Waals surface area (Å²) in [5.74, 6) is -1.21. The number of hydrogen-bond acceptors (Lipinski definition) is 6. The summed E-state index contributed by atoms with van der Waals surface area (Å²) >= 11 is 4.54. The van der Waals surface area contributed by atoms with E-state index in [1.807, 2.05) is 31.2 Å². The van der Waals surface area contributed by atoms with Crippen LogP contribution in [0.15, 0.2) is 46.9 Å². The molecule has 0 spiro atoms. The Morgan fingerprint density at radius 1 is 1.21 bits per heavy atom. The second-order valence-electron chi connectivity index (χ2n) is 5.63. The molecule has 0 saturated carbocycles. The van der Waals surface area contributed by atoms with Gasteiger partial charge in [-0.2, -0.15) is 0 Å². The van der Waals surface area contributed by atoms with Gasteiger partial charge in [0.05, 0.1) is 14.7 Å². The maximum Gasteiger partial charge on any atom is 0.344 e. The van der Waals surface area contributed by atoms with Crippen molar-refractivity contribution < 1.29 is 23.5 Å². The molecule has 0 fully saturated rings. The first-order chi connectivity index (χ1) is 13.5. The highest BCUT2D eigenvalue weighted by atomic mass is 79.9. The Morgan fingerprint density at radius 2 is 2.00 bits per heavy atom. The smallest absolute Gasteiger partial charge is 0.344 e. The van der Waals surface area contributed by atoms with Gasteiger partial charge in [-0.15, -0.1) is 0 Å². The van der Waals surface area contributed by atoms with E-state index in [1.165, 1.54) is 34.4 Å². The van der Waals surface area contributed by atoms with E-state index in [-0.39, 0.29) is 5.91 Å². The Kier molecular flexibility index (Phi) is 6.58. The predicted octanol–water partition coefficient (Wildman–Crippen LogP) is 4.17. The van der Waals surface area contributed by atoms with Gasteiger partial charge in [0.2, 0.25) is 0 Å². The molecular weight excluding hydrogens is 451 g/mol. The highest BCUT2D eigenvalue weighted by Crippen LogP contribution is 2.28. The van der Waals surface area contributed by atoms with Crippen LogP contribution in [0.5, 0.6) is 5.75 Å². The van der Waals surface area contributed by atoms with Crippen LogP contribution in [0, 0.1) is 5.82 Å². The van der Waals surface area contributed by atoms with Crippen LogP contribution >= 0.6 is 27.3 Å². The quantitative estimate of drug-likeness (QED) is 0.488. The molecule has 28 heavy (non-hydrogen) atoms. The normalized spacial score (nSPS) is 10.7. The van der Waals surface area contributed by atoms with Gasteiger partial charge in [-0.1, -0.05) is 23.5 Å². The average molecular weight is 467 g/mol. The van der Waals surface area contributed by atoms with Crippen LogP contribution in [0.3, 0.4) is 0 Å². The zero-order valence-corrected chi connectivity index (χ0v) is 17.3. The van der Waals surface area contributed by atoms with Gasteiger partial charge in [0.25, 0.3) is 5.91 Å². The van der Waals surface area contributed by atoms with E-state index in [0.29, 0.717) is 21.9 Å². The minimum absolute atomic E-state index is 0.300. The topological polar surface area (TPSA) is 68.7 Å². The zero-order valence-electron chi connectivity index (χ0n) is 14.9. The van der Waals surface area contributed by atoms with Crippen molar-refractivity contribution in [1.82, 2.24) is 4.98 Å². The van der Waals surface area contributed by atoms with Gasteiger partial charge in [-0.05, 0) is 53.2 Å². The summed E-state index contributed by atoms with van der Waals surface area (Å²) in [5, 5.41) is 0.552. The number of nitrogens with zero attached hydrogens (tertiary/aromatic N) is 2. The van der Waals surface area contributed by atoms with Gasteiger partial charge in [0, 0.05) is 6.54 Å². The standard InChI is InChI=1S/C19H16BrFN2O4S/c1-2-23(19-22-14-5-3-4-6-16(14)28-19)17(24)10-27-18(25)11-26-15-8-7-12(21)9-13(15)20/h3-9H,2,10-11H2,1H3. The molecule has 3 aromatic rings. The summed E-state index contributed by atoms with van der Waals surface area (Å²) in [6.45, 7) is 1.40. The van der Waals surface area contributed by atoms with Crippen LogP contribution in [-0.2, 0) is 14.3 Å². The second-order valence-corrected chi connectivity index (χ2v) is 7.49. The van der Waals surface area contributed by atoms with Crippen LogP contribution in [0.25, 0.3) is 10.2 Å². The number of carbonyl (C=O) groups is 2. The number of fused-ring (bicyclic) bond motifs is 1. The molecular formula is C19H16BrFN2O4S. The molecule has 0 radical (unpaired) electrons. The summed E-state index contributed by atoms with van der Waals surface area (Å²) in [6, 6.07) is 11.4. The number of benzene rings is 2. The lowest BCUT2D eigenvalue weighted by atomic mass is 10.3. The molecule has 0 aliphatic rings. The van der Waals surface area contributed by atoms with Crippen LogP contribution in [0.2, 0.25) is 0 Å². The van der Waals surface area contributed by atoms with E-state index < -0.39 is 25.0 Å². The number of esters is 1. The molecule has 146 valence electrons. The van der Waals surface area contributed by atoms with Crippen molar-refractivity contribution in [2.75, 3.05) is 24.7 Å². The van der Waals surface area contributed by atoms with Gasteiger partial charge >= 0.3 is 5.97 Å². The van der Waals surface area contributed by atoms with Crippen molar-refractivity contribution >= 4 is 54.5 Å². The number of rotatable bonds is 7. The third kappa shape index (κ3) is 4.85. The Hall–Kier alpha value is -2.52. The number of hydrogen-bond donors (Lipinski definition) is 0. The first-order valence-corrected chi connectivity index (χ1v) is 9.98. The van der Waals surface area contributed by atoms with Crippen LogP contribution < -0.4 is 9.64 Å². The Morgan fingerprint density at radius 3 is 2.71 bits per heavy atom. The predicted molar refractivity (Wildman–Crippen MR) is 108 cm³/mol. The lowest BCUT2D eigenvalue weighted by Crippen LogP contribution is -2.35. The number of thiazole rings is 1. The Bertz CT molecular complexity index is 978. The molecule has 6 nitrogen and oxygen atoms in total. The monoisotopic (exact) mass is 466 g/mol. The molecule has 0 aliphatic carbocycles. The molecule has 0 N–H and O–H groups in total. The van der Waals surface area contributed by atoms with Gasteiger partial charge in [-0.3, -0.25) is 9.69 Å². The van der Waals surface area contributed by atoms with Gasteiger partial charge in [0.1, 0.15) is 11.6 Å². The number of amides is 1. The summed E-state index contributed by atoms with van der Waals surface area (Å²) in [4.78, 5) is 30.2. The minimum atomic E-state index is -0.704. The van der Waals surface area contributed by atoms with Crippen molar-refractivity contribution in [2.45, 2.75) is 6.92 Å². The third-order valence-corrected chi connectivity index (χ3v) is 5.41. The van der Waals surface area contributed by atoms with Gasteiger partial charge < -0.3 is 9.47 Å². The van der Waals surface area contributed by atoms with Crippen molar-refractivity contribution in [3.05, 3.63) is 52.8 Å². The maximum absolute atomic E-state index is 13.0. The highest BCUT2D eigenvalue weighted by molar-refractivity contribution is 9.10. The lowest BCUT2D eigenvalue weighted by Gasteiger charge is -2.17. The molecule has 9 heteroatoms. The summed E-state index contributed by atoms with van der Waals surface area (Å²) < 4.78 is 24.7. The Balaban J connectivity index is 1.55. The van der Waals surface area contributed by atoms with Crippen LogP contribution in [0.1, 0.15) is 6.92 Å². The van der Waals surface area contributed by atoms with Crippen molar-refractivity contribution in [3.63, 3.8) is 0 Å². The first kappa shape index (κ1) is 20.2. The summed E-state index contributed by atoms with van der Waals surface area (Å²) in [6.07, 6.45) is 0. The van der Waals surface area contributed by atoms with E-state index in [4.69, 9.17) is 9.47 Å². The molecule has 0 atom stereocenters. The SMILES string of the molecule is CCN(C(=O)COC(=O)COc1ccc(F)cc1Br)c1nc2ccccc2s1. The molecule has 1 heterocycles. The van der Waals surface area contributed by atoms with Crippen molar-refractivity contribution in [1.29, 1.82) is 0 Å². The molecule has 3 rings (SSSR count). The average Bonchev–Trinajstić information content (AvgIpc) is 3.10. The summed E-state index contributed by atoms with van der Waals surface area (Å²) in [5.41, 5.74) is 0.809. The fourth-order valence-electron chi connectivity index (χ4n) is 2.38. The number of carbonyl (C=O) groups excluding carboxylic acids is 2. The van der Waals surface area contributed by atoms with E-state index in [9.17, 15) is 14.0 Å². The number of para-hydroxylation sites is 1. The van der Waals surface area contributed by atoms with Gasteiger partial charge in [0.15, 0.2) is 18.3 Å². The van der Waals surface area contributed by atoms with Crippen LogP contribution in [0.4, 0.5) is 9.52 Å². The Labute approximate surface area is 173 Å². The highest BCUT2D eigenvalue weighted by Gasteiger charge is 2.20. The molecule has 0 unspecified atom stereocenters. The fraction of sp³-hybridized carbons (Fsp3) is 0.211. The van der Waals surface area contributed by atoms with E-state index in [1.54, 1.807) is 0 Å². The largest absolute Gasteiger partial charge is 0.481 e. The lowest BCUT2D eigenvalue weighted by molar-refractivity contribution is -0.149. The van der Waals surface area contributed by atoms with Crippen molar-refractivity contribution in [3.8, 4) is 5.75 Å². The molecule has 2 aromatic carbocycles. The number of ether oxygens (including phenoxy) is 2. The van der Waals surface area contributed by atoms with E-state index in [0.717, 1.165) is 10.2 Å².